The molecular formula is C24H16F5N5O. The Balaban J connectivity index is 1.46. The molecule has 11 heteroatoms. The molecule has 4 aromatic rings. The maximum atomic E-state index is 14.1. The average Bonchev–Trinajstić information content (AvgIpc) is 2.82. The zero-order valence-electron chi connectivity index (χ0n) is 17.7. The van der Waals surface area contributed by atoms with E-state index in [1.165, 1.54) is 36.4 Å². The Bertz CT molecular complexity index is 1340. The van der Waals surface area contributed by atoms with Crippen molar-refractivity contribution in [3.8, 4) is 0 Å². The Labute approximate surface area is 195 Å². The van der Waals surface area contributed by atoms with E-state index in [-0.39, 0.29) is 23.0 Å². The summed E-state index contributed by atoms with van der Waals surface area (Å²) in [5, 5.41) is 8.11. The number of nitrogens with one attached hydrogen (secondary N) is 3. The second-order valence-electron chi connectivity index (χ2n) is 7.26. The molecule has 0 bridgehead atoms. The lowest BCUT2D eigenvalue weighted by Gasteiger charge is -2.11. The number of benzene rings is 3. The topological polar surface area (TPSA) is 78.9 Å². The highest BCUT2D eigenvalue weighted by atomic mass is 19.4. The molecule has 0 saturated heterocycles. The van der Waals surface area contributed by atoms with Crippen molar-refractivity contribution in [1.29, 1.82) is 0 Å². The number of amides is 1. The molecule has 0 radical (unpaired) electrons. The van der Waals surface area contributed by atoms with Gasteiger partial charge in [-0.3, -0.25) is 4.79 Å². The molecule has 4 rings (SSSR count). The van der Waals surface area contributed by atoms with E-state index in [0.29, 0.717) is 11.4 Å². The molecule has 0 unspecified atom stereocenters. The number of anilines is 5. The van der Waals surface area contributed by atoms with Crippen LogP contribution in [0.15, 0.2) is 79.0 Å². The Morgan fingerprint density at radius 1 is 0.800 bits per heavy atom. The van der Waals surface area contributed by atoms with Gasteiger partial charge in [0.25, 0.3) is 5.91 Å². The summed E-state index contributed by atoms with van der Waals surface area (Å²) in [6.45, 7) is 0. The number of halogens is 5. The number of carbonyl (C=O) groups is 1. The fraction of sp³-hybridized carbons (Fsp3) is 0.0417. The van der Waals surface area contributed by atoms with Gasteiger partial charge in [0.1, 0.15) is 5.82 Å². The summed E-state index contributed by atoms with van der Waals surface area (Å²) in [7, 11) is 0. The molecule has 3 N–H and O–H groups in total. The van der Waals surface area contributed by atoms with Crippen molar-refractivity contribution in [2.24, 2.45) is 0 Å². The number of hydrogen-bond acceptors (Lipinski definition) is 5. The molecule has 178 valence electrons. The lowest BCUT2D eigenvalue weighted by atomic mass is 10.1. The normalized spacial score (nSPS) is 11.1. The molecule has 0 fully saturated rings. The van der Waals surface area contributed by atoms with Gasteiger partial charge in [-0.1, -0.05) is 6.07 Å². The minimum atomic E-state index is -4.47. The highest BCUT2D eigenvalue weighted by Gasteiger charge is 2.30. The van der Waals surface area contributed by atoms with Crippen LogP contribution in [0.2, 0.25) is 0 Å². The summed E-state index contributed by atoms with van der Waals surface area (Å²) in [6.07, 6.45) is -3.53. The quantitative estimate of drug-likeness (QED) is 0.271. The smallest absolute Gasteiger partial charge is 0.338 e. The zero-order valence-corrected chi connectivity index (χ0v) is 17.7. The SMILES string of the molecule is O=C(Nc1ccc(C(F)(F)F)cc1)c1cccc(Nc2ncc(F)c(Nc3ccc(F)cc3)n2)c1. The summed E-state index contributed by atoms with van der Waals surface area (Å²) < 4.78 is 65.3. The van der Waals surface area contributed by atoms with Crippen LogP contribution in [-0.2, 0) is 6.18 Å². The number of rotatable bonds is 6. The van der Waals surface area contributed by atoms with E-state index < -0.39 is 29.3 Å². The first kappa shape index (κ1) is 23.6. The molecule has 6 nitrogen and oxygen atoms in total. The molecule has 0 spiro atoms. The maximum Gasteiger partial charge on any atom is 0.416 e. The first-order valence-electron chi connectivity index (χ1n) is 10.1. The van der Waals surface area contributed by atoms with Crippen LogP contribution in [0.4, 0.5) is 50.8 Å². The van der Waals surface area contributed by atoms with E-state index >= 15 is 0 Å². The third-order valence-corrected chi connectivity index (χ3v) is 4.70. The predicted molar refractivity (Wildman–Crippen MR) is 121 cm³/mol. The summed E-state index contributed by atoms with van der Waals surface area (Å²) in [5.41, 5.74) is 0.400. The van der Waals surface area contributed by atoms with Crippen LogP contribution in [0.1, 0.15) is 15.9 Å². The van der Waals surface area contributed by atoms with E-state index in [1.807, 2.05) is 0 Å². The molecule has 35 heavy (non-hydrogen) atoms. The van der Waals surface area contributed by atoms with Gasteiger partial charge in [0.2, 0.25) is 5.95 Å². The van der Waals surface area contributed by atoms with Crippen LogP contribution in [0.3, 0.4) is 0 Å². The van der Waals surface area contributed by atoms with Crippen molar-refractivity contribution in [2.75, 3.05) is 16.0 Å². The first-order valence-corrected chi connectivity index (χ1v) is 10.1. The van der Waals surface area contributed by atoms with Gasteiger partial charge in [-0.25, -0.2) is 13.8 Å². The van der Waals surface area contributed by atoms with Gasteiger partial charge >= 0.3 is 6.18 Å². The van der Waals surface area contributed by atoms with Gasteiger partial charge < -0.3 is 16.0 Å². The van der Waals surface area contributed by atoms with Crippen LogP contribution in [-0.4, -0.2) is 15.9 Å². The van der Waals surface area contributed by atoms with E-state index in [1.54, 1.807) is 12.1 Å². The molecule has 0 atom stereocenters. The van der Waals surface area contributed by atoms with E-state index in [4.69, 9.17) is 0 Å². The van der Waals surface area contributed by atoms with Crippen molar-refractivity contribution in [2.45, 2.75) is 6.18 Å². The molecule has 0 aliphatic heterocycles. The fourth-order valence-electron chi connectivity index (χ4n) is 3.00. The Morgan fingerprint density at radius 2 is 1.49 bits per heavy atom. The molecule has 1 heterocycles. The maximum absolute atomic E-state index is 14.1. The van der Waals surface area contributed by atoms with Gasteiger partial charge in [0.15, 0.2) is 11.6 Å². The number of alkyl halides is 3. The van der Waals surface area contributed by atoms with Crippen LogP contribution in [0.25, 0.3) is 0 Å². The lowest BCUT2D eigenvalue weighted by Crippen LogP contribution is -2.12. The lowest BCUT2D eigenvalue weighted by molar-refractivity contribution is -0.137. The van der Waals surface area contributed by atoms with Crippen molar-refractivity contribution in [3.05, 3.63) is 102 Å². The second-order valence-corrected chi connectivity index (χ2v) is 7.26. The predicted octanol–water partition coefficient (Wildman–Crippen LogP) is 6.51. The summed E-state index contributed by atoms with van der Waals surface area (Å²) >= 11 is 0. The van der Waals surface area contributed by atoms with Crippen molar-refractivity contribution >= 4 is 34.7 Å². The number of carbonyl (C=O) groups excluding carboxylic acids is 1. The van der Waals surface area contributed by atoms with Crippen molar-refractivity contribution in [3.63, 3.8) is 0 Å². The minimum absolute atomic E-state index is 0.0244. The number of hydrogen-bond donors (Lipinski definition) is 3. The monoisotopic (exact) mass is 485 g/mol. The molecule has 1 aromatic heterocycles. The van der Waals surface area contributed by atoms with Crippen LogP contribution < -0.4 is 16.0 Å². The highest BCUT2D eigenvalue weighted by molar-refractivity contribution is 6.04. The minimum Gasteiger partial charge on any atom is -0.338 e. The number of aromatic nitrogens is 2. The largest absolute Gasteiger partial charge is 0.416 e. The molecule has 3 aromatic carbocycles. The van der Waals surface area contributed by atoms with Gasteiger partial charge in [0, 0.05) is 22.6 Å². The number of nitrogens with zero attached hydrogens (tertiary/aromatic N) is 2. The molecule has 0 aliphatic rings. The van der Waals surface area contributed by atoms with Gasteiger partial charge in [-0.15, -0.1) is 0 Å². The molecule has 0 saturated carbocycles. The summed E-state index contributed by atoms with van der Waals surface area (Å²) in [5.74, 6) is -1.85. The van der Waals surface area contributed by atoms with Crippen LogP contribution >= 0.6 is 0 Å². The molecule has 1 amide bonds. The Morgan fingerprint density at radius 3 is 2.17 bits per heavy atom. The highest BCUT2D eigenvalue weighted by Crippen LogP contribution is 2.30. The van der Waals surface area contributed by atoms with Gasteiger partial charge in [-0.05, 0) is 66.7 Å². The van der Waals surface area contributed by atoms with E-state index in [9.17, 15) is 26.7 Å². The second kappa shape index (κ2) is 9.75. The van der Waals surface area contributed by atoms with E-state index in [0.717, 1.165) is 30.5 Å². The average molecular weight is 485 g/mol. The van der Waals surface area contributed by atoms with Crippen molar-refractivity contribution < 1.29 is 26.7 Å². The van der Waals surface area contributed by atoms with Gasteiger partial charge in [-0.2, -0.15) is 18.2 Å². The zero-order chi connectivity index (χ0) is 25.0. The van der Waals surface area contributed by atoms with Crippen molar-refractivity contribution in [1.82, 2.24) is 9.97 Å². The third kappa shape index (κ3) is 6.08. The Hall–Kier alpha value is -4.54. The summed E-state index contributed by atoms with van der Waals surface area (Å²) in [6, 6.07) is 15.5. The summed E-state index contributed by atoms with van der Waals surface area (Å²) in [4.78, 5) is 20.5. The molecular weight excluding hydrogens is 469 g/mol. The standard InChI is InChI=1S/C24H16F5N5O/c25-16-6-10-17(11-7-16)31-21-20(26)13-30-23(34-21)33-19-3-1-2-14(12-19)22(35)32-18-8-4-15(5-9-18)24(27,28)29/h1-13H,(H,32,35)(H2,30,31,33,34). The fourth-order valence-corrected chi connectivity index (χ4v) is 3.00. The Kier molecular flexibility index (Phi) is 6.58. The van der Waals surface area contributed by atoms with Crippen LogP contribution in [0.5, 0.6) is 0 Å². The van der Waals surface area contributed by atoms with E-state index in [2.05, 4.69) is 25.9 Å². The third-order valence-electron chi connectivity index (χ3n) is 4.70. The molecule has 0 aliphatic carbocycles. The van der Waals surface area contributed by atoms with Gasteiger partial charge in [0.05, 0.1) is 11.8 Å². The van der Waals surface area contributed by atoms with Crippen LogP contribution in [0, 0.1) is 11.6 Å². The first-order chi connectivity index (χ1) is 16.7.